The lowest BCUT2D eigenvalue weighted by atomic mass is 9.63. The molecule has 1 aromatic rings. The van der Waals surface area contributed by atoms with Crippen molar-refractivity contribution in [2.45, 2.75) is 127 Å². The van der Waals surface area contributed by atoms with Crippen LogP contribution in [-0.2, 0) is 4.79 Å². The van der Waals surface area contributed by atoms with Crippen LogP contribution >= 0.6 is 0 Å². The summed E-state index contributed by atoms with van der Waals surface area (Å²) in [6.45, 7) is 3.80. The van der Waals surface area contributed by atoms with Gasteiger partial charge in [0, 0.05) is 43.4 Å². The number of nitrogens with zero attached hydrogens (tertiary/aromatic N) is 3. The first-order chi connectivity index (χ1) is 19.8. The first-order valence-electron chi connectivity index (χ1n) is 16.7. The summed E-state index contributed by atoms with van der Waals surface area (Å²) in [6.07, 6.45) is 19.2. The number of rotatable bonds is 4. The predicted molar refractivity (Wildman–Crippen MR) is 159 cm³/mol. The molecule has 6 rings (SSSR count). The van der Waals surface area contributed by atoms with Crippen molar-refractivity contribution in [1.29, 1.82) is 0 Å². The lowest BCUT2D eigenvalue weighted by molar-refractivity contribution is -0.143. The molecule has 0 bridgehead atoms. The Morgan fingerprint density at radius 1 is 0.805 bits per heavy atom. The monoisotopic (exact) mass is 567 g/mol. The first kappa shape index (κ1) is 28.9. The van der Waals surface area contributed by atoms with Gasteiger partial charge in [-0.2, -0.15) is 0 Å². The topological polar surface area (TPSA) is 64.1 Å². The summed E-state index contributed by atoms with van der Waals surface area (Å²) in [5.41, 5.74) is -0.0249. The number of aliphatic hydroxyl groups is 1. The van der Waals surface area contributed by atoms with E-state index >= 15 is 4.39 Å². The van der Waals surface area contributed by atoms with Crippen LogP contribution in [0.25, 0.3) is 0 Å². The SMILES string of the molecule is CC1CC2CCCCC2(C2CCCCCCCCC2)N1c1ccc(C(=O)N2CCN(C(=O)C3(O)CC3)CC2)c(F)c1. The molecular formula is C34H50FN3O3. The highest BCUT2D eigenvalue weighted by Crippen LogP contribution is 2.56. The van der Waals surface area contributed by atoms with E-state index in [2.05, 4.69) is 11.8 Å². The van der Waals surface area contributed by atoms with Crippen LogP contribution in [0.1, 0.15) is 120 Å². The minimum absolute atomic E-state index is 0.101. The summed E-state index contributed by atoms with van der Waals surface area (Å²) in [4.78, 5) is 31.8. The second-order valence-electron chi connectivity index (χ2n) is 13.9. The molecule has 7 heteroatoms. The number of hydrogen-bond acceptors (Lipinski definition) is 4. The van der Waals surface area contributed by atoms with E-state index < -0.39 is 11.4 Å². The second kappa shape index (κ2) is 11.9. The molecule has 2 saturated heterocycles. The molecule has 3 atom stereocenters. The van der Waals surface area contributed by atoms with Gasteiger partial charge in [0.1, 0.15) is 11.4 Å². The highest BCUT2D eigenvalue weighted by molar-refractivity contribution is 5.95. The number of fused-ring (bicyclic) bond motifs is 1. The molecule has 41 heavy (non-hydrogen) atoms. The van der Waals surface area contributed by atoms with Crippen LogP contribution in [0.3, 0.4) is 0 Å². The molecule has 3 unspecified atom stereocenters. The molecule has 6 nitrogen and oxygen atoms in total. The van der Waals surface area contributed by atoms with Crippen molar-refractivity contribution in [2.24, 2.45) is 11.8 Å². The molecule has 2 amide bonds. The number of halogens is 1. The van der Waals surface area contributed by atoms with Crippen LogP contribution in [-0.4, -0.2) is 70.1 Å². The highest BCUT2D eigenvalue weighted by atomic mass is 19.1. The van der Waals surface area contributed by atoms with Crippen molar-refractivity contribution < 1.29 is 19.1 Å². The Hall–Kier alpha value is -2.15. The first-order valence-corrected chi connectivity index (χ1v) is 16.7. The molecular weight excluding hydrogens is 517 g/mol. The van der Waals surface area contributed by atoms with Gasteiger partial charge in [0.25, 0.3) is 11.8 Å². The van der Waals surface area contributed by atoms with E-state index in [9.17, 15) is 14.7 Å². The van der Waals surface area contributed by atoms with Crippen molar-refractivity contribution in [3.05, 3.63) is 29.6 Å². The third-order valence-corrected chi connectivity index (χ3v) is 11.4. The van der Waals surface area contributed by atoms with Gasteiger partial charge in [-0.15, -0.1) is 0 Å². The number of amides is 2. The number of benzene rings is 1. The molecule has 0 radical (unpaired) electrons. The van der Waals surface area contributed by atoms with Crippen LogP contribution in [0.4, 0.5) is 10.1 Å². The maximum atomic E-state index is 15.8. The van der Waals surface area contributed by atoms with E-state index in [-0.39, 0.29) is 22.9 Å². The number of piperazine rings is 1. The fourth-order valence-corrected chi connectivity index (χ4v) is 9.09. The van der Waals surface area contributed by atoms with Gasteiger partial charge in [0.05, 0.1) is 5.56 Å². The van der Waals surface area contributed by atoms with Crippen molar-refractivity contribution in [3.8, 4) is 0 Å². The molecule has 3 aliphatic carbocycles. The molecule has 1 N–H and O–H groups in total. The van der Waals surface area contributed by atoms with Crippen LogP contribution in [0.15, 0.2) is 18.2 Å². The maximum absolute atomic E-state index is 15.8. The standard InChI is InChI=1S/C34H50FN3O3/c1-25-23-27-13-9-10-16-34(27,26-11-7-5-3-2-4-6-8-12-26)38(25)28-14-15-29(30(35)24-28)31(39)36-19-21-37(22-20-36)32(40)33(41)17-18-33/h14-15,24-27,41H,2-13,16-23H2,1H3. The summed E-state index contributed by atoms with van der Waals surface area (Å²) >= 11 is 0. The second-order valence-corrected chi connectivity index (χ2v) is 13.9. The predicted octanol–water partition coefficient (Wildman–Crippen LogP) is 6.30. The van der Waals surface area contributed by atoms with Gasteiger partial charge < -0.3 is 19.8 Å². The lowest BCUT2D eigenvalue weighted by Crippen LogP contribution is -2.57. The number of anilines is 1. The maximum Gasteiger partial charge on any atom is 0.256 e. The van der Waals surface area contributed by atoms with E-state index in [4.69, 9.17) is 0 Å². The fourth-order valence-electron chi connectivity index (χ4n) is 9.09. The van der Waals surface area contributed by atoms with E-state index in [0.29, 0.717) is 56.9 Å². The number of hydrogen-bond donors (Lipinski definition) is 1. The zero-order chi connectivity index (χ0) is 28.6. The molecule has 0 aromatic heterocycles. The summed E-state index contributed by atoms with van der Waals surface area (Å²) in [7, 11) is 0. The molecule has 5 fully saturated rings. The summed E-state index contributed by atoms with van der Waals surface area (Å²) < 4.78 is 15.8. The van der Waals surface area contributed by atoms with Gasteiger partial charge in [-0.1, -0.05) is 57.8 Å². The normalized spacial score (nSPS) is 31.0. The zero-order valence-corrected chi connectivity index (χ0v) is 25.1. The minimum atomic E-state index is -1.19. The molecule has 226 valence electrons. The zero-order valence-electron chi connectivity index (χ0n) is 25.1. The van der Waals surface area contributed by atoms with Gasteiger partial charge >= 0.3 is 0 Å². The third-order valence-electron chi connectivity index (χ3n) is 11.4. The van der Waals surface area contributed by atoms with Gasteiger partial charge in [-0.25, -0.2) is 4.39 Å². The Labute approximate surface area is 245 Å². The molecule has 3 saturated carbocycles. The molecule has 2 aliphatic heterocycles. The Kier molecular flexibility index (Phi) is 8.37. The number of carbonyl (C=O) groups excluding carboxylic acids is 2. The summed E-state index contributed by atoms with van der Waals surface area (Å²) in [5, 5.41) is 10.2. The van der Waals surface area contributed by atoms with Crippen molar-refractivity contribution in [1.82, 2.24) is 9.80 Å². The van der Waals surface area contributed by atoms with Crippen molar-refractivity contribution in [3.63, 3.8) is 0 Å². The molecule has 5 aliphatic rings. The minimum Gasteiger partial charge on any atom is -0.380 e. The van der Waals surface area contributed by atoms with Crippen molar-refractivity contribution >= 4 is 17.5 Å². The van der Waals surface area contributed by atoms with Crippen LogP contribution < -0.4 is 4.90 Å². The van der Waals surface area contributed by atoms with Crippen molar-refractivity contribution in [2.75, 3.05) is 31.1 Å². The van der Waals surface area contributed by atoms with E-state index in [1.54, 1.807) is 21.9 Å². The van der Waals surface area contributed by atoms with Crippen LogP contribution in [0, 0.1) is 17.7 Å². The smallest absolute Gasteiger partial charge is 0.256 e. The summed E-state index contributed by atoms with van der Waals surface area (Å²) in [6, 6.07) is 5.72. The van der Waals surface area contributed by atoms with Gasteiger partial charge in [-0.05, 0) is 81.9 Å². The lowest BCUT2D eigenvalue weighted by Gasteiger charge is -2.53. The van der Waals surface area contributed by atoms with E-state index in [1.165, 1.54) is 89.9 Å². The van der Waals surface area contributed by atoms with E-state index in [1.807, 2.05) is 6.07 Å². The average molecular weight is 568 g/mol. The summed E-state index contributed by atoms with van der Waals surface area (Å²) in [5.74, 6) is 0.332. The molecule has 0 spiro atoms. The Balaban J connectivity index is 1.21. The van der Waals surface area contributed by atoms with Gasteiger partial charge in [0.2, 0.25) is 0 Å². The Morgan fingerprint density at radius 2 is 1.39 bits per heavy atom. The third kappa shape index (κ3) is 5.52. The van der Waals surface area contributed by atoms with Gasteiger partial charge in [-0.3, -0.25) is 9.59 Å². The van der Waals surface area contributed by atoms with Crippen LogP contribution in [0.5, 0.6) is 0 Å². The van der Waals surface area contributed by atoms with E-state index in [0.717, 1.165) is 5.69 Å². The Bertz CT molecular complexity index is 1100. The van der Waals surface area contributed by atoms with Crippen LogP contribution in [0.2, 0.25) is 0 Å². The largest absolute Gasteiger partial charge is 0.380 e. The average Bonchev–Trinajstić information content (AvgIpc) is 3.66. The molecule has 2 heterocycles. The Morgan fingerprint density at radius 3 is 2.02 bits per heavy atom. The fraction of sp³-hybridized carbons (Fsp3) is 0.765. The number of carbonyl (C=O) groups is 2. The highest BCUT2D eigenvalue weighted by Gasteiger charge is 2.56. The van der Waals surface area contributed by atoms with Gasteiger partial charge in [0.15, 0.2) is 0 Å². The quantitative estimate of drug-likeness (QED) is 0.464. The molecule has 1 aromatic carbocycles.